The first-order valence-corrected chi connectivity index (χ1v) is 11.3. The number of rotatable bonds is 9. The van der Waals surface area contributed by atoms with E-state index in [1.807, 2.05) is 0 Å². The highest BCUT2D eigenvalue weighted by molar-refractivity contribution is 5.76. The number of hydrogen-bond donors (Lipinski definition) is 1. The molecule has 11 nitrogen and oxygen atoms in total. The van der Waals surface area contributed by atoms with Gasteiger partial charge in [-0.25, -0.2) is 4.98 Å². The zero-order valence-electron chi connectivity index (χ0n) is 20.5. The van der Waals surface area contributed by atoms with Gasteiger partial charge in [-0.2, -0.15) is 9.61 Å². The largest absolute Gasteiger partial charge is 0.547 e. The molecule has 0 aliphatic carbocycles. The molecule has 11 heteroatoms. The predicted molar refractivity (Wildman–Crippen MR) is 123 cm³/mol. The average molecular weight is 472 g/mol. The summed E-state index contributed by atoms with van der Waals surface area (Å²) in [4.78, 5) is 22.0. The maximum atomic E-state index is 12.3. The molecular formula is C23H33N7O4. The van der Waals surface area contributed by atoms with Gasteiger partial charge < -0.3 is 24.3 Å². The van der Waals surface area contributed by atoms with Crippen LogP contribution in [0.15, 0.2) is 23.8 Å². The van der Waals surface area contributed by atoms with Crippen molar-refractivity contribution in [1.82, 2.24) is 19.5 Å². The fraction of sp³-hybridized carbons (Fsp3) is 0.609. The molecule has 184 valence electrons. The van der Waals surface area contributed by atoms with Gasteiger partial charge in [0.1, 0.15) is 22.6 Å². The number of carbonyl (C=O) groups is 1. The van der Waals surface area contributed by atoms with Crippen molar-refractivity contribution in [3.05, 3.63) is 35.7 Å². The number of anilines is 1. The zero-order valence-corrected chi connectivity index (χ0v) is 20.5. The Hall–Kier alpha value is -3.14. The number of ether oxygens (including phenoxy) is 2. The van der Waals surface area contributed by atoms with Gasteiger partial charge in [0.2, 0.25) is 4.91 Å². The van der Waals surface area contributed by atoms with E-state index in [0.717, 1.165) is 12.8 Å². The molecule has 0 saturated carbocycles. The molecule has 0 amide bonds. The van der Waals surface area contributed by atoms with Crippen LogP contribution in [0.4, 0.5) is 5.82 Å². The normalized spacial score (nSPS) is 16.8. The number of nitrogens with one attached hydrogen (secondary N) is 1. The fourth-order valence-electron chi connectivity index (χ4n) is 4.13. The van der Waals surface area contributed by atoms with E-state index in [1.54, 1.807) is 44.4 Å². The van der Waals surface area contributed by atoms with Crippen molar-refractivity contribution in [2.75, 3.05) is 24.6 Å². The number of aromatic nitrogens is 3. The van der Waals surface area contributed by atoms with Gasteiger partial charge in [0.25, 0.3) is 0 Å². The van der Waals surface area contributed by atoms with Crippen LogP contribution in [0.5, 0.6) is 0 Å². The number of fused-ring (bicyclic) bond motifs is 1. The van der Waals surface area contributed by atoms with Crippen molar-refractivity contribution >= 4 is 17.4 Å². The van der Waals surface area contributed by atoms with E-state index < -0.39 is 17.7 Å². The van der Waals surface area contributed by atoms with Crippen LogP contribution >= 0.6 is 0 Å². The molecular weight excluding hydrogens is 438 g/mol. The quantitative estimate of drug-likeness (QED) is 0.336. The van der Waals surface area contributed by atoms with Crippen LogP contribution in [-0.2, 0) is 20.8 Å². The Kier molecular flexibility index (Phi) is 7.50. The Bertz CT molecular complexity index is 1110. The second kappa shape index (κ2) is 10.0. The SMILES string of the molecule is C=CCOC1(C)CCN(c2c(C(OC(C)(C)C)C(=O)[O-])c(C)nc3cc(CN=[N+]=N)nn23)CC1. The molecule has 0 bridgehead atoms. The Labute approximate surface area is 199 Å². The first-order chi connectivity index (χ1) is 16.0. The highest BCUT2D eigenvalue weighted by atomic mass is 16.5. The van der Waals surface area contributed by atoms with Gasteiger partial charge in [-0.1, -0.05) is 6.08 Å². The van der Waals surface area contributed by atoms with Gasteiger partial charge in [-0.15, -0.1) is 6.58 Å². The van der Waals surface area contributed by atoms with Crippen molar-refractivity contribution in [1.29, 1.82) is 5.53 Å². The van der Waals surface area contributed by atoms with Gasteiger partial charge in [0.15, 0.2) is 12.2 Å². The molecule has 1 atom stereocenters. The smallest absolute Gasteiger partial charge is 0.214 e. The molecule has 3 heterocycles. The van der Waals surface area contributed by atoms with E-state index in [-0.39, 0.29) is 12.1 Å². The Morgan fingerprint density at radius 2 is 2.12 bits per heavy atom. The Morgan fingerprint density at radius 3 is 2.68 bits per heavy atom. The van der Waals surface area contributed by atoms with Crippen molar-refractivity contribution in [2.45, 2.75) is 71.3 Å². The molecule has 1 aliphatic rings. The topological polar surface area (TPSA) is 142 Å². The molecule has 1 fully saturated rings. The van der Waals surface area contributed by atoms with Crippen molar-refractivity contribution in [2.24, 2.45) is 5.11 Å². The standard InChI is InChI=1S/C23H33N7O4/c1-7-12-33-23(6)8-10-29(11-9-23)20-18(19(21(31)32)34-22(3,4)5)15(2)26-17-13-16(14-25-28-24)27-30(17)20/h7,13,19,24H,1,8-12,14H2,2-6H3. The third-order valence-electron chi connectivity index (χ3n) is 5.78. The molecule has 1 saturated heterocycles. The first kappa shape index (κ1) is 25.5. The second-order valence-corrected chi connectivity index (χ2v) is 9.71. The first-order valence-electron chi connectivity index (χ1n) is 11.3. The number of aliphatic carboxylic acids is 1. The van der Waals surface area contributed by atoms with Gasteiger partial charge in [0, 0.05) is 24.8 Å². The summed E-state index contributed by atoms with van der Waals surface area (Å²) in [5.74, 6) is -0.743. The average Bonchev–Trinajstić information content (AvgIpc) is 3.16. The number of piperidine rings is 1. The molecule has 34 heavy (non-hydrogen) atoms. The summed E-state index contributed by atoms with van der Waals surface area (Å²) in [6.07, 6.45) is 1.87. The third kappa shape index (κ3) is 5.67. The number of aryl methyl sites for hydroxylation is 1. The number of hydrogen-bond acceptors (Lipinski definition) is 9. The lowest BCUT2D eigenvalue weighted by Gasteiger charge is -2.41. The fourth-order valence-corrected chi connectivity index (χ4v) is 4.13. The van der Waals surface area contributed by atoms with E-state index in [9.17, 15) is 9.90 Å². The number of carboxylic acids is 1. The Balaban J connectivity index is 2.14. The van der Waals surface area contributed by atoms with Crippen LogP contribution in [0.3, 0.4) is 0 Å². The molecule has 0 radical (unpaired) electrons. The van der Waals surface area contributed by atoms with E-state index in [4.69, 9.17) is 15.0 Å². The van der Waals surface area contributed by atoms with Crippen molar-refractivity contribution in [3.8, 4) is 0 Å². The molecule has 0 aromatic carbocycles. The highest BCUT2D eigenvalue weighted by Gasteiger charge is 2.35. The van der Waals surface area contributed by atoms with Gasteiger partial charge in [-0.05, 0) is 47.5 Å². The van der Waals surface area contributed by atoms with Crippen LogP contribution < -0.4 is 14.9 Å². The summed E-state index contributed by atoms with van der Waals surface area (Å²) in [5.41, 5.74) is 7.94. The highest BCUT2D eigenvalue weighted by Crippen LogP contribution is 2.37. The summed E-state index contributed by atoms with van der Waals surface area (Å²) in [5, 5.41) is 20.6. The number of carbonyl (C=O) groups excluding carboxylic acids is 1. The van der Waals surface area contributed by atoms with Gasteiger partial charge >= 0.3 is 0 Å². The maximum absolute atomic E-state index is 12.3. The van der Waals surface area contributed by atoms with Crippen LogP contribution in [0, 0.1) is 12.5 Å². The molecule has 0 spiro atoms. The van der Waals surface area contributed by atoms with Crippen LogP contribution in [0.1, 0.15) is 63.6 Å². The minimum Gasteiger partial charge on any atom is -0.547 e. The van der Waals surface area contributed by atoms with Crippen molar-refractivity contribution in [3.63, 3.8) is 0 Å². The van der Waals surface area contributed by atoms with Gasteiger partial charge in [-0.3, -0.25) is 0 Å². The molecule has 1 unspecified atom stereocenters. The number of nitrogens with zero attached hydrogens (tertiary/aromatic N) is 6. The van der Waals surface area contributed by atoms with E-state index in [2.05, 4.69) is 38.5 Å². The lowest BCUT2D eigenvalue weighted by Crippen LogP contribution is -2.46. The molecule has 3 rings (SSSR count). The second-order valence-electron chi connectivity index (χ2n) is 9.71. The van der Waals surface area contributed by atoms with Crippen LogP contribution in [0.25, 0.3) is 5.65 Å². The summed E-state index contributed by atoms with van der Waals surface area (Å²) >= 11 is 0. The molecule has 2 aromatic rings. The summed E-state index contributed by atoms with van der Waals surface area (Å²) in [7, 11) is 0. The summed E-state index contributed by atoms with van der Waals surface area (Å²) in [6, 6.07) is 1.76. The van der Waals surface area contributed by atoms with Gasteiger partial charge in [0.05, 0.1) is 35.0 Å². The monoisotopic (exact) mass is 471 g/mol. The molecule has 1 aliphatic heterocycles. The van der Waals surface area contributed by atoms with Crippen LogP contribution in [0.2, 0.25) is 0 Å². The third-order valence-corrected chi connectivity index (χ3v) is 5.78. The summed E-state index contributed by atoms with van der Waals surface area (Å²) in [6.45, 7) is 14.8. The lowest BCUT2D eigenvalue weighted by atomic mass is 9.92. The molecule has 2 aromatic heterocycles. The zero-order chi connectivity index (χ0) is 25.1. The molecule has 1 N–H and O–H groups in total. The van der Waals surface area contributed by atoms with Crippen molar-refractivity contribution < 1.29 is 19.4 Å². The Morgan fingerprint density at radius 1 is 1.44 bits per heavy atom. The predicted octanol–water partition coefficient (Wildman–Crippen LogP) is 2.26. The van der Waals surface area contributed by atoms with Crippen LogP contribution in [-0.4, -0.2) is 51.5 Å². The summed E-state index contributed by atoms with van der Waals surface area (Å²) < 4.78 is 13.6. The van der Waals surface area contributed by atoms with E-state index in [0.29, 0.717) is 48.1 Å². The lowest BCUT2D eigenvalue weighted by molar-refractivity contribution is -0.321. The minimum absolute atomic E-state index is 0.122. The number of carboxylic acid groups (broad SMARTS) is 1. The van der Waals surface area contributed by atoms with E-state index in [1.165, 1.54) is 0 Å². The minimum atomic E-state index is -1.34. The maximum Gasteiger partial charge on any atom is 0.214 e. The van der Waals surface area contributed by atoms with E-state index >= 15 is 0 Å².